The molecule has 0 spiro atoms. The quantitative estimate of drug-likeness (QED) is 0.293. The van der Waals surface area contributed by atoms with Gasteiger partial charge in [-0.2, -0.15) is 0 Å². The molecule has 3 N–H and O–H groups in total. The zero-order chi connectivity index (χ0) is 16.4. The second-order valence-electron chi connectivity index (χ2n) is 5.73. The number of rotatable bonds is 3. The number of carbonyl (C=O) groups is 1. The van der Waals surface area contributed by atoms with Crippen LogP contribution in [0, 0.1) is 6.92 Å². The summed E-state index contributed by atoms with van der Waals surface area (Å²) in [6.45, 7) is 7.65. The van der Waals surface area contributed by atoms with E-state index in [-0.39, 0.29) is 16.8 Å². The summed E-state index contributed by atoms with van der Waals surface area (Å²) < 4.78 is 10.3. The molecule has 0 radical (unpaired) electrons. The third kappa shape index (κ3) is 3.09. The molecule has 0 aliphatic carbocycles. The summed E-state index contributed by atoms with van der Waals surface area (Å²) in [7, 11) is 2.80. The van der Waals surface area contributed by atoms with Gasteiger partial charge >= 0.3 is 5.97 Å². The van der Waals surface area contributed by atoms with Crippen LogP contribution in [-0.2, 0) is 10.2 Å². The average Bonchev–Trinajstić information content (AvgIpc) is 2.43. The highest BCUT2D eigenvalue weighted by molar-refractivity contribution is 6.04. The van der Waals surface area contributed by atoms with Gasteiger partial charge in [-0.25, -0.2) is 4.79 Å². The molecule has 0 aliphatic rings. The Hall–Kier alpha value is -2.24. The lowest BCUT2D eigenvalue weighted by Crippen LogP contribution is -2.22. The lowest BCUT2D eigenvalue weighted by Gasteiger charge is -2.26. The molecule has 0 bridgehead atoms. The molecule has 6 heteroatoms. The highest BCUT2D eigenvalue weighted by Crippen LogP contribution is 2.37. The van der Waals surface area contributed by atoms with Crippen LogP contribution in [-0.4, -0.2) is 31.2 Å². The van der Waals surface area contributed by atoms with Gasteiger partial charge in [-0.05, 0) is 24.0 Å². The first-order chi connectivity index (χ1) is 9.68. The van der Waals surface area contributed by atoms with Crippen molar-refractivity contribution in [2.45, 2.75) is 33.1 Å². The fraction of sp³-hybridized carbons (Fsp3) is 0.467. The Morgan fingerprint density at radius 1 is 1.33 bits per heavy atom. The van der Waals surface area contributed by atoms with Crippen molar-refractivity contribution < 1.29 is 19.5 Å². The van der Waals surface area contributed by atoms with E-state index < -0.39 is 5.97 Å². The minimum atomic E-state index is -0.526. The predicted octanol–water partition coefficient (Wildman–Crippen LogP) is 2.18. The molecule has 0 saturated carbocycles. The molecule has 6 nitrogen and oxygen atoms in total. The van der Waals surface area contributed by atoms with Crippen molar-refractivity contribution in [2.24, 2.45) is 10.9 Å². The smallest absolute Gasteiger partial charge is 0.341 e. The molecule has 1 aromatic rings. The minimum absolute atomic E-state index is 0.0641. The van der Waals surface area contributed by atoms with Gasteiger partial charge < -0.3 is 20.4 Å². The molecule has 1 rings (SSSR count). The number of ether oxygens (including phenoxy) is 2. The van der Waals surface area contributed by atoms with E-state index in [9.17, 15) is 4.79 Å². The highest BCUT2D eigenvalue weighted by Gasteiger charge is 2.29. The van der Waals surface area contributed by atoms with Crippen LogP contribution in [0.25, 0.3) is 0 Å². The summed E-state index contributed by atoms with van der Waals surface area (Å²) >= 11 is 0. The number of amidine groups is 1. The van der Waals surface area contributed by atoms with Gasteiger partial charge in [0.1, 0.15) is 11.3 Å². The topological polar surface area (TPSA) is 94.1 Å². The van der Waals surface area contributed by atoms with Crippen molar-refractivity contribution in [3.63, 3.8) is 0 Å². The number of oxime groups is 1. The highest BCUT2D eigenvalue weighted by atomic mass is 16.5. The van der Waals surface area contributed by atoms with Crippen molar-refractivity contribution in [3.05, 3.63) is 28.3 Å². The Balaban J connectivity index is 3.87. The van der Waals surface area contributed by atoms with Crippen molar-refractivity contribution in [1.29, 1.82) is 0 Å². The fourth-order valence-corrected chi connectivity index (χ4v) is 2.19. The van der Waals surface area contributed by atoms with E-state index in [1.165, 1.54) is 14.2 Å². The van der Waals surface area contributed by atoms with E-state index in [4.69, 9.17) is 20.4 Å². The summed E-state index contributed by atoms with van der Waals surface area (Å²) in [4.78, 5) is 12.1. The summed E-state index contributed by atoms with van der Waals surface area (Å²) in [5.74, 6) is -0.144. The first-order valence-corrected chi connectivity index (χ1v) is 6.47. The summed E-state index contributed by atoms with van der Waals surface area (Å²) in [5, 5.41) is 12.0. The van der Waals surface area contributed by atoms with Crippen LogP contribution in [0.4, 0.5) is 0 Å². The van der Waals surface area contributed by atoms with Gasteiger partial charge in [0.25, 0.3) is 0 Å². The van der Waals surface area contributed by atoms with Gasteiger partial charge in [0.15, 0.2) is 5.84 Å². The number of esters is 1. The maximum absolute atomic E-state index is 12.1. The van der Waals surface area contributed by atoms with Gasteiger partial charge in [0, 0.05) is 11.1 Å². The third-order valence-electron chi connectivity index (χ3n) is 3.32. The van der Waals surface area contributed by atoms with Crippen LogP contribution in [0.3, 0.4) is 0 Å². The van der Waals surface area contributed by atoms with E-state index in [0.29, 0.717) is 16.9 Å². The molecule has 116 valence electrons. The third-order valence-corrected chi connectivity index (χ3v) is 3.32. The fourth-order valence-electron chi connectivity index (χ4n) is 2.19. The van der Waals surface area contributed by atoms with Crippen molar-refractivity contribution in [2.75, 3.05) is 14.2 Å². The first kappa shape index (κ1) is 16.8. The van der Waals surface area contributed by atoms with E-state index in [1.54, 1.807) is 13.0 Å². The molecule has 21 heavy (non-hydrogen) atoms. The van der Waals surface area contributed by atoms with Crippen LogP contribution in [0.5, 0.6) is 5.75 Å². The Morgan fingerprint density at radius 2 is 1.90 bits per heavy atom. The van der Waals surface area contributed by atoms with Gasteiger partial charge in [-0.15, -0.1) is 0 Å². The molecular formula is C15H22N2O4. The van der Waals surface area contributed by atoms with Crippen molar-refractivity contribution >= 4 is 11.8 Å². The summed E-state index contributed by atoms with van der Waals surface area (Å²) in [5.41, 5.74) is 7.50. The van der Waals surface area contributed by atoms with Gasteiger partial charge in [-0.3, -0.25) is 0 Å². The lowest BCUT2D eigenvalue weighted by molar-refractivity contribution is 0.0596. The normalized spacial score (nSPS) is 12.2. The number of hydrogen-bond donors (Lipinski definition) is 2. The van der Waals surface area contributed by atoms with Gasteiger partial charge in [0.05, 0.1) is 14.2 Å². The Labute approximate surface area is 124 Å². The van der Waals surface area contributed by atoms with Crippen LogP contribution >= 0.6 is 0 Å². The molecule has 0 fully saturated rings. The Morgan fingerprint density at radius 3 is 2.29 bits per heavy atom. The number of nitrogens with zero attached hydrogens (tertiary/aromatic N) is 1. The second kappa shape index (κ2) is 6.03. The zero-order valence-corrected chi connectivity index (χ0v) is 13.3. The van der Waals surface area contributed by atoms with Gasteiger partial charge in [-0.1, -0.05) is 25.9 Å². The molecular weight excluding hydrogens is 272 g/mol. The number of nitrogens with two attached hydrogens (primary N) is 1. The predicted molar refractivity (Wildman–Crippen MR) is 80.3 cm³/mol. The van der Waals surface area contributed by atoms with Crippen molar-refractivity contribution in [1.82, 2.24) is 0 Å². The first-order valence-electron chi connectivity index (χ1n) is 6.47. The van der Waals surface area contributed by atoms with Gasteiger partial charge in [0.2, 0.25) is 0 Å². The molecule has 0 atom stereocenters. The molecule has 0 aliphatic heterocycles. The van der Waals surface area contributed by atoms with E-state index >= 15 is 0 Å². The molecule has 0 amide bonds. The van der Waals surface area contributed by atoms with Crippen LogP contribution in [0.15, 0.2) is 11.2 Å². The van der Waals surface area contributed by atoms with Crippen LogP contribution < -0.4 is 10.5 Å². The Kier molecular flexibility index (Phi) is 4.83. The van der Waals surface area contributed by atoms with E-state index in [1.807, 2.05) is 20.8 Å². The maximum Gasteiger partial charge on any atom is 0.341 e. The summed E-state index contributed by atoms with van der Waals surface area (Å²) in [6, 6.07) is 1.77. The number of hydrogen-bond acceptors (Lipinski definition) is 5. The maximum atomic E-state index is 12.1. The number of methoxy groups -OCH3 is 2. The molecule has 0 aromatic heterocycles. The van der Waals surface area contributed by atoms with Crippen LogP contribution in [0.2, 0.25) is 0 Å². The Bertz CT molecular complexity index is 586. The zero-order valence-electron chi connectivity index (χ0n) is 13.3. The lowest BCUT2D eigenvalue weighted by atomic mass is 9.82. The SMILES string of the molecule is COC(=O)c1c(C)c(C(N)=NO)cc(C(C)(C)C)c1OC. The monoisotopic (exact) mass is 294 g/mol. The summed E-state index contributed by atoms with van der Waals surface area (Å²) in [6.07, 6.45) is 0. The molecule has 0 saturated heterocycles. The van der Waals surface area contributed by atoms with E-state index in [0.717, 1.165) is 5.56 Å². The average molecular weight is 294 g/mol. The number of carbonyl (C=O) groups excluding carboxylic acids is 1. The van der Waals surface area contributed by atoms with E-state index in [2.05, 4.69) is 5.16 Å². The van der Waals surface area contributed by atoms with Crippen molar-refractivity contribution in [3.8, 4) is 5.75 Å². The molecule has 1 aromatic carbocycles. The van der Waals surface area contributed by atoms with Crippen LogP contribution in [0.1, 0.15) is 47.8 Å². The second-order valence-corrected chi connectivity index (χ2v) is 5.73. The largest absolute Gasteiger partial charge is 0.496 e. The minimum Gasteiger partial charge on any atom is -0.496 e. The number of benzene rings is 1. The molecule has 0 heterocycles. The standard InChI is InChI=1S/C15H22N2O4/c1-8-9(13(16)17-19)7-10(15(2,3)4)12(20-5)11(8)14(18)21-6/h7,19H,1-6H3,(H2,16,17). The molecule has 0 unspecified atom stereocenters.